The molecule has 0 aliphatic rings. The van der Waals surface area contributed by atoms with Crippen LogP contribution >= 0.6 is 0 Å². The molecule has 0 aromatic heterocycles. The van der Waals surface area contributed by atoms with Crippen LogP contribution in [0, 0.1) is 17.2 Å². The summed E-state index contributed by atoms with van der Waals surface area (Å²) in [5.41, 5.74) is 1.13. The molecule has 1 unspecified atom stereocenters. The van der Waals surface area contributed by atoms with Crippen LogP contribution in [0.15, 0.2) is 42.5 Å². The summed E-state index contributed by atoms with van der Waals surface area (Å²) in [6, 6.07) is 16.2. The molecule has 0 aliphatic carbocycles. The van der Waals surface area contributed by atoms with E-state index < -0.39 is 0 Å². The van der Waals surface area contributed by atoms with E-state index in [1.165, 1.54) is 10.8 Å². The minimum Gasteiger partial charge on any atom is -0.303 e. The normalized spacial score (nSPS) is 11.9. The van der Waals surface area contributed by atoms with Gasteiger partial charge in [0.2, 0.25) is 0 Å². The smallest absolute Gasteiger partial charge is 0.124 e. The van der Waals surface area contributed by atoms with Gasteiger partial charge in [0.05, 0.1) is 6.07 Å². The van der Waals surface area contributed by atoms with Crippen LogP contribution in [0.1, 0.15) is 12.0 Å². The number of benzene rings is 2. The number of carbonyl (C=O) groups is 1. The number of hydrogen-bond donors (Lipinski definition) is 0. The van der Waals surface area contributed by atoms with Crippen LogP contribution in [0.25, 0.3) is 10.8 Å². The Balaban J connectivity index is 2.35. The number of fused-ring (bicyclic) bond motifs is 1. The molecule has 0 fully saturated rings. The van der Waals surface area contributed by atoms with Gasteiger partial charge in [-0.25, -0.2) is 0 Å². The summed E-state index contributed by atoms with van der Waals surface area (Å²) in [6.07, 6.45) is 1.80. The highest BCUT2D eigenvalue weighted by Gasteiger charge is 2.09. The molecule has 2 aromatic rings. The second kappa shape index (κ2) is 5.27. The van der Waals surface area contributed by atoms with E-state index in [4.69, 9.17) is 5.26 Å². The predicted octanol–water partition coefficient (Wildman–Crippen LogP) is 3.11. The van der Waals surface area contributed by atoms with Crippen LogP contribution in [0.2, 0.25) is 0 Å². The Labute approximate surface area is 100 Å². The highest BCUT2D eigenvalue weighted by molar-refractivity contribution is 5.85. The Kier molecular flexibility index (Phi) is 3.52. The lowest BCUT2D eigenvalue weighted by molar-refractivity contribution is -0.110. The molecule has 0 radical (unpaired) electrons. The third-order valence-electron chi connectivity index (χ3n) is 2.91. The number of nitrogens with zero attached hydrogens (tertiary/aromatic N) is 1. The molecule has 0 amide bonds. The quantitative estimate of drug-likeness (QED) is 0.747. The molecule has 0 bridgehead atoms. The van der Waals surface area contributed by atoms with E-state index in [1.807, 2.05) is 24.3 Å². The van der Waals surface area contributed by atoms with E-state index in [-0.39, 0.29) is 12.3 Å². The lowest BCUT2D eigenvalue weighted by Gasteiger charge is -2.09. The second-order valence-corrected chi connectivity index (χ2v) is 4.10. The Morgan fingerprint density at radius 1 is 1.18 bits per heavy atom. The summed E-state index contributed by atoms with van der Waals surface area (Å²) in [5, 5.41) is 11.0. The molecule has 2 nitrogen and oxygen atoms in total. The van der Waals surface area contributed by atoms with Crippen molar-refractivity contribution in [2.24, 2.45) is 5.92 Å². The summed E-state index contributed by atoms with van der Waals surface area (Å²) in [6.45, 7) is 0. The summed E-state index contributed by atoms with van der Waals surface area (Å²) >= 11 is 0. The first-order chi connectivity index (χ1) is 8.35. The van der Waals surface area contributed by atoms with Gasteiger partial charge in [-0.1, -0.05) is 42.5 Å². The first-order valence-corrected chi connectivity index (χ1v) is 5.64. The van der Waals surface area contributed by atoms with Crippen molar-refractivity contribution in [3.8, 4) is 6.07 Å². The van der Waals surface area contributed by atoms with Crippen molar-refractivity contribution in [2.75, 3.05) is 0 Å². The minimum atomic E-state index is -0.203. The molecule has 2 aromatic carbocycles. The van der Waals surface area contributed by atoms with Gasteiger partial charge >= 0.3 is 0 Å². The van der Waals surface area contributed by atoms with Gasteiger partial charge in [-0.2, -0.15) is 5.26 Å². The van der Waals surface area contributed by atoms with Gasteiger partial charge in [0.1, 0.15) is 6.29 Å². The molecule has 0 saturated heterocycles. The minimum absolute atomic E-state index is 0.203. The largest absolute Gasteiger partial charge is 0.303 e. The Hall–Kier alpha value is -2.14. The van der Waals surface area contributed by atoms with Gasteiger partial charge in [-0.3, -0.25) is 0 Å². The first-order valence-electron chi connectivity index (χ1n) is 5.64. The number of hydrogen-bond acceptors (Lipinski definition) is 2. The van der Waals surface area contributed by atoms with E-state index in [0.29, 0.717) is 6.42 Å². The molecule has 0 N–H and O–H groups in total. The third kappa shape index (κ3) is 2.51. The molecule has 0 spiro atoms. The highest BCUT2D eigenvalue weighted by Crippen LogP contribution is 2.21. The fraction of sp³-hybridized carbons (Fsp3) is 0.200. The van der Waals surface area contributed by atoms with Crippen molar-refractivity contribution >= 4 is 17.1 Å². The van der Waals surface area contributed by atoms with Crippen molar-refractivity contribution < 1.29 is 4.79 Å². The molecular formula is C15H13NO. The SMILES string of the molecule is N#CCC(C=O)Cc1cccc2ccccc12. The van der Waals surface area contributed by atoms with E-state index in [9.17, 15) is 4.79 Å². The van der Waals surface area contributed by atoms with Crippen LogP contribution in [0.3, 0.4) is 0 Å². The molecule has 17 heavy (non-hydrogen) atoms. The molecule has 0 aliphatic heterocycles. The molecule has 0 heterocycles. The van der Waals surface area contributed by atoms with Crippen LogP contribution in [-0.4, -0.2) is 6.29 Å². The van der Waals surface area contributed by atoms with E-state index in [0.717, 1.165) is 11.8 Å². The maximum absolute atomic E-state index is 10.9. The Morgan fingerprint density at radius 3 is 2.71 bits per heavy atom. The maximum Gasteiger partial charge on any atom is 0.124 e. The van der Waals surface area contributed by atoms with E-state index in [2.05, 4.69) is 24.3 Å². The summed E-state index contributed by atoms with van der Waals surface area (Å²) < 4.78 is 0. The molecule has 2 heteroatoms. The number of aldehydes is 1. The molecule has 1 atom stereocenters. The van der Waals surface area contributed by atoms with Crippen LogP contribution in [0.4, 0.5) is 0 Å². The van der Waals surface area contributed by atoms with Gasteiger partial charge in [0, 0.05) is 12.3 Å². The average Bonchev–Trinajstić information content (AvgIpc) is 2.38. The summed E-state index contributed by atoms with van der Waals surface area (Å²) in [7, 11) is 0. The van der Waals surface area contributed by atoms with E-state index in [1.54, 1.807) is 0 Å². The second-order valence-electron chi connectivity index (χ2n) is 4.10. The standard InChI is InChI=1S/C15H13NO/c16-9-8-12(11-17)10-14-6-3-5-13-4-1-2-7-15(13)14/h1-7,11-12H,8,10H2. The number of rotatable bonds is 4. The van der Waals surface area contributed by atoms with Gasteiger partial charge in [-0.05, 0) is 22.8 Å². The lowest BCUT2D eigenvalue weighted by Crippen LogP contribution is -2.05. The fourth-order valence-electron chi connectivity index (χ4n) is 2.04. The van der Waals surface area contributed by atoms with Crippen molar-refractivity contribution in [1.82, 2.24) is 0 Å². The Bertz CT molecular complexity index is 563. The fourth-order valence-corrected chi connectivity index (χ4v) is 2.04. The Morgan fingerprint density at radius 2 is 1.94 bits per heavy atom. The first kappa shape index (κ1) is 11.3. The van der Waals surface area contributed by atoms with Crippen molar-refractivity contribution in [2.45, 2.75) is 12.8 Å². The molecule has 2 rings (SSSR count). The predicted molar refractivity (Wildman–Crippen MR) is 67.4 cm³/mol. The average molecular weight is 223 g/mol. The number of nitriles is 1. The van der Waals surface area contributed by atoms with Crippen LogP contribution < -0.4 is 0 Å². The highest BCUT2D eigenvalue weighted by atomic mass is 16.1. The van der Waals surface area contributed by atoms with Crippen LogP contribution in [-0.2, 0) is 11.2 Å². The van der Waals surface area contributed by atoms with Gasteiger partial charge in [0.15, 0.2) is 0 Å². The zero-order chi connectivity index (χ0) is 12.1. The summed E-state index contributed by atoms with van der Waals surface area (Å²) in [5.74, 6) is -0.203. The lowest BCUT2D eigenvalue weighted by atomic mass is 9.94. The molecule has 84 valence electrons. The van der Waals surface area contributed by atoms with Gasteiger partial charge in [0.25, 0.3) is 0 Å². The monoisotopic (exact) mass is 223 g/mol. The van der Waals surface area contributed by atoms with E-state index >= 15 is 0 Å². The van der Waals surface area contributed by atoms with Crippen molar-refractivity contribution in [1.29, 1.82) is 5.26 Å². The topological polar surface area (TPSA) is 40.9 Å². The zero-order valence-corrected chi connectivity index (χ0v) is 9.47. The van der Waals surface area contributed by atoms with Crippen molar-refractivity contribution in [3.05, 3.63) is 48.0 Å². The third-order valence-corrected chi connectivity index (χ3v) is 2.91. The maximum atomic E-state index is 10.9. The van der Waals surface area contributed by atoms with Crippen molar-refractivity contribution in [3.63, 3.8) is 0 Å². The van der Waals surface area contributed by atoms with Gasteiger partial charge in [-0.15, -0.1) is 0 Å². The molecule has 0 saturated carbocycles. The zero-order valence-electron chi connectivity index (χ0n) is 9.47. The number of carbonyl (C=O) groups excluding carboxylic acids is 1. The summed E-state index contributed by atoms with van der Waals surface area (Å²) in [4.78, 5) is 10.9. The van der Waals surface area contributed by atoms with Crippen LogP contribution in [0.5, 0.6) is 0 Å². The van der Waals surface area contributed by atoms with Gasteiger partial charge < -0.3 is 4.79 Å². The molecular weight excluding hydrogens is 210 g/mol.